The van der Waals surface area contributed by atoms with Crippen molar-refractivity contribution in [2.45, 2.75) is 13.8 Å². The van der Waals surface area contributed by atoms with Gasteiger partial charge < -0.3 is 0 Å². The second kappa shape index (κ2) is 2.89. The quantitative estimate of drug-likeness (QED) is 0.487. The van der Waals surface area contributed by atoms with Crippen LogP contribution in [0.5, 0.6) is 0 Å². The number of rotatable bonds is 0. The molecule has 10 heavy (non-hydrogen) atoms. The molecule has 0 bridgehead atoms. The van der Waals surface area contributed by atoms with Crippen LogP contribution in [0.25, 0.3) is 4.85 Å². The smallest absolute Gasteiger partial charge is 0.193 e. The molecule has 0 fully saturated rings. The van der Waals surface area contributed by atoms with Crippen molar-refractivity contribution in [2.24, 2.45) is 4.99 Å². The Balaban J connectivity index is 2.89. The predicted octanol–water partition coefficient (Wildman–Crippen LogP) is 2.30. The van der Waals surface area contributed by atoms with Gasteiger partial charge in [-0.15, -0.1) is 11.8 Å². The topological polar surface area (TPSA) is 16.7 Å². The van der Waals surface area contributed by atoms with Gasteiger partial charge in [0.25, 0.3) is 0 Å². The molecule has 0 spiro atoms. The summed E-state index contributed by atoms with van der Waals surface area (Å²) < 4.78 is 0. The Hall–Kier alpha value is -0.750. The van der Waals surface area contributed by atoms with E-state index < -0.39 is 0 Å². The average molecular weight is 152 g/mol. The first kappa shape index (κ1) is 7.36. The fraction of sp³-hybridized carbons (Fsp3) is 0.429. The second-order valence-electron chi connectivity index (χ2n) is 2.14. The molecule has 0 aromatic heterocycles. The molecule has 0 aromatic rings. The van der Waals surface area contributed by atoms with Crippen molar-refractivity contribution in [1.82, 2.24) is 0 Å². The van der Waals surface area contributed by atoms with Gasteiger partial charge in [-0.05, 0) is 13.8 Å². The summed E-state index contributed by atoms with van der Waals surface area (Å²) in [4.78, 5) is 7.51. The minimum Gasteiger partial charge on any atom is -0.262 e. The van der Waals surface area contributed by atoms with Crippen molar-refractivity contribution in [1.29, 1.82) is 0 Å². The molecule has 0 atom stereocenters. The predicted molar refractivity (Wildman–Crippen MR) is 44.9 cm³/mol. The third-order valence-corrected chi connectivity index (χ3v) is 2.41. The molecule has 0 saturated carbocycles. The van der Waals surface area contributed by atoms with Crippen LogP contribution in [0.4, 0.5) is 0 Å². The Bertz CT molecular complexity index is 245. The van der Waals surface area contributed by atoms with Gasteiger partial charge in [-0.25, -0.2) is 4.85 Å². The lowest BCUT2D eigenvalue weighted by molar-refractivity contribution is 1.39. The Morgan fingerprint density at radius 1 is 1.80 bits per heavy atom. The Morgan fingerprint density at radius 3 is 2.90 bits per heavy atom. The fourth-order valence-electron chi connectivity index (χ4n) is 0.644. The van der Waals surface area contributed by atoms with Crippen LogP contribution < -0.4 is 0 Å². The van der Waals surface area contributed by atoms with Gasteiger partial charge in [0, 0.05) is 11.5 Å². The minimum absolute atomic E-state index is 0.710. The zero-order chi connectivity index (χ0) is 7.56. The number of thioether (sulfide) groups is 1. The lowest BCUT2D eigenvalue weighted by Crippen LogP contribution is -1.84. The maximum absolute atomic E-state index is 6.72. The van der Waals surface area contributed by atoms with Gasteiger partial charge in [0.1, 0.15) is 0 Å². The highest BCUT2D eigenvalue weighted by molar-refractivity contribution is 8.04. The molecule has 0 unspecified atom stereocenters. The number of hydrogen-bond acceptors (Lipinski definition) is 2. The van der Waals surface area contributed by atoms with Crippen LogP contribution in [-0.2, 0) is 0 Å². The van der Waals surface area contributed by atoms with Crippen LogP contribution in [-0.4, -0.2) is 11.5 Å². The lowest BCUT2D eigenvalue weighted by Gasteiger charge is -1.89. The standard InChI is InChI=1S/C7H8N2S/c1-5-4-10-7(9-5)6(2)8-3/h4H2,1-2H3. The monoisotopic (exact) mass is 152 g/mol. The molecule has 1 rings (SSSR count). The van der Waals surface area contributed by atoms with Crippen molar-refractivity contribution in [2.75, 3.05) is 5.75 Å². The summed E-state index contributed by atoms with van der Waals surface area (Å²) in [6.45, 7) is 10.5. The van der Waals surface area contributed by atoms with Crippen molar-refractivity contribution in [3.8, 4) is 0 Å². The highest BCUT2D eigenvalue weighted by Gasteiger charge is 2.09. The highest BCUT2D eigenvalue weighted by Crippen LogP contribution is 2.27. The van der Waals surface area contributed by atoms with E-state index in [2.05, 4.69) is 9.84 Å². The Kier molecular flexibility index (Phi) is 2.13. The van der Waals surface area contributed by atoms with E-state index in [0.717, 1.165) is 16.5 Å². The van der Waals surface area contributed by atoms with E-state index in [-0.39, 0.29) is 0 Å². The van der Waals surface area contributed by atoms with Crippen LogP contribution in [0, 0.1) is 6.57 Å². The van der Waals surface area contributed by atoms with E-state index in [1.165, 1.54) is 0 Å². The van der Waals surface area contributed by atoms with E-state index in [1.807, 2.05) is 6.92 Å². The number of aliphatic imine (C=N–C) groups is 1. The van der Waals surface area contributed by atoms with E-state index in [9.17, 15) is 0 Å². The molecule has 1 aliphatic heterocycles. The Morgan fingerprint density at radius 2 is 2.50 bits per heavy atom. The summed E-state index contributed by atoms with van der Waals surface area (Å²) in [6.07, 6.45) is 0. The summed E-state index contributed by atoms with van der Waals surface area (Å²) in [5.74, 6) is 0.947. The lowest BCUT2D eigenvalue weighted by atomic mass is 10.5. The zero-order valence-corrected chi connectivity index (χ0v) is 6.83. The van der Waals surface area contributed by atoms with Crippen molar-refractivity contribution < 1.29 is 0 Å². The van der Waals surface area contributed by atoms with E-state index in [4.69, 9.17) is 6.57 Å². The zero-order valence-electron chi connectivity index (χ0n) is 6.01. The number of hydrogen-bond donors (Lipinski definition) is 0. The van der Waals surface area contributed by atoms with Crippen molar-refractivity contribution in [3.63, 3.8) is 0 Å². The van der Waals surface area contributed by atoms with Crippen LogP contribution in [0.3, 0.4) is 0 Å². The number of allylic oxidation sites excluding steroid dienone is 1. The van der Waals surface area contributed by atoms with Gasteiger partial charge in [-0.3, -0.25) is 4.99 Å². The van der Waals surface area contributed by atoms with Crippen LogP contribution in [0.2, 0.25) is 0 Å². The molecule has 0 saturated heterocycles. The van der Waals surface area contributed by atoms with E-state index in [0.29, 0.717) is 5.70 Å². The van der Waals surface area contributed by atoms with Crippen LogP contribution in [0.1, 0.15) is 13.8 Å². The second-order valence-corrected chi connectivity index (χ2v) is 3.10. The highest BCUT2D eigenvalue weighted by atomic mass is 32.2. The molecule has 0 aliphatic carbocycles. The summed E-state index contributed by atoms with van der Waals surface area (Å²) in [6, 6.07) is 0. The molecule has 1 heterocycles. The average Bonchev–Trinajstić information content (AvgIpc) is 2.34. The Labute approximate surface area is 64.9 Å². The van der Waals surface area contributed by atoms with Crippen LogP contribution in [0.15, 0.2) is 15.7 Å². The maximum Gasteiger partial charge on any atom is 0.193 e. The molecule has 0 amide bonds. The van der Waals surface area contributed by atoms with E-state index in [1.54, 1.807) is 18.7 Å². The molecule has 52 valence electrons. The maximum atomic E-state index is 6.72. The van der Waals surface area contributed by atoms with Crippen molar-refractivity contribution >= 4 is 17.5 Å². The molecule has 0 N–H and O–H groups in total. The summed E-state index contributed by atoms with van der Waals surface area (Å²) >= 11 is 1.65. The molecule has 0 aromatic carbocycles. The van der Waals surface area contributed by atoms with Gasteiger partial charge in [0.2, 0.25) is 0 Å². The summed E-state index contributed by atoms with van der Waals surface area (Å²) in [5.41, 5.74) is 1.82. The SMILES string of the molecule is [C-]#[N+]C(C)=C1N=C(C)CS1. The molecular weight excluding hydrogens is 144 g/mol. The first-order chi connectivity index (χ1) is 4.74. The molecule has 1 aliphatic rings. The summed E-state index contributed by atoms with van der Waals surface area (Å²) in [5, 5.41) is 0.896. The molecule has 0 radical (unpaired) electrons. The van der Waals surface area contributed by atoms with Crippen molar-refractivity contribution in [3.05, 3.63) is 22.1 Å². The molecule has 3 heteroatoms. The molecular formula is C7H8N2S. The van der Waals surface area contributed by atoms with Gasteiger partial charge in [-0.2, -0.15) is 0 Å². The van der Waals surface area contributed by atoms with Gasteiger partial charge >= 0.3 is 0 Å². The molecule has 2 nitrogen and oxygen atoms in total. The van der Waals surface area contributed by atoms with Gasteiger partial charge in [0.15, 0.2) is 5.70 Å². The number of nitrogens with zero attached hydrogens (tertiary/aromatic N) is 2. The van der Waals surface area contributed by atoms with Gasteiger partial charge in [-0.1, -0.05) is 0 Å². The first-order valence-corrected chi connectivity index (χ1v) is 3.98. The van der Waals surface area contributed by atoms with Gasteiger partial charge in [0.05, 0.1) is 11.6 Å². The first-order valence-electron chi connectivity index (χ1n) is 2.99. The third-order valence-electron chi connectivity index (χ3n) is 1.19. The summed E-state index contributed by atoms with van der Waals surface area (Å²) in [7, 11) is 0. The normalized spacial score (nSPS) is 21.9. The van der Waals surface area contributed by atoms with Crippen LogP contribution >= 0.6 is 11.8 Å². The fourth-order valence-corrected chi connectivity index (χ4v) is 1.53. The minimum atomic E-state index is 0.710. The largest absolute Gasteiger partial charge is 0.262 e. The third kappa shape index (κ3) is 1.39. The van der Waals surface area contributed by atoms with E-state index >= 15 is 0 Å².